The Labute approximate surface area is 164 Å². The highest BCUT2D eigenvalue weighted by molar-refractivity contribution is 9.10. The fourth-order valence-corrected chi connectivity index (χ4v) is 3.40. The summed E-state index contributed by atoms with van der Waals surface area (Å²) in [4.78, 5) is 14.2. The summed E-state index contributed by atoms with van der Waals surface area (Å²) < 4.78 is 11.9. The first-order valence-corrected chi connectivity index (χ1v) is 9.25. The number of ether oxygens (including phenoxy) is 2. The molecule has 0 saturated heterocycles. The molecule has 2 aromatic carbocycles. The smallest absolute Gasteiger partial charge is 0.227 e. The van der Waals surface area contributed by atoms with Gasteiger partial charge >= 0.3 is 0 Å². The van der Waals surface area contributed by atoms with E-state index in [4.69, 9.17) is 32.7 Å². The lowest BCUT2D eigenvalue weighted by molar-refractivity contribution is -0.129. The number of halogens is 3. The Hall–Kier alpha value is -1.43. The highest BCUT2D eigenvalue weighted by atomic mass is 79.9. The Bertz CT molecular complexity index is 813. The lowest BCUT2D eigenvalue weighted by Gasteiger charge is -2.21. The number of fused-ring (bicyclic) bond motifs is 1. The molecule has 0 saturated carbocycles. The average molecular weight is 445 g/mol. The van der Waals surface area contributed by atoms with E-state index in [1.807, 2.05) is 24.3 Å². The third kappa shape index (κ3) is 4.22. The van der Waals surface area contributed by atoms with E-state index in [1.165, 1.54) is 0 Å². The number of hydrogen-bond donors (Lipinski definition) is 0. The topological polar surface area (TPSA) is 38.8 Å². The number of hydrogen-bond acceptors (Lipinski definition) is 3. The Balaban J connectivity index is 1.72. The number of carbonyl (C=O) groups is 1. The number of amides is 1. The second-order valence-electron chi connectivity index (χ2n) is 5.73. The van der Waals surface area contributed by atoms with E-state index in [9.17, 15) is 4.79 Å². The van der Waals surface area contributed by atoms with Crippen molar-refractivity contribution in [2.45, 2.75) is 13.0 Å². The van der Waals surface area contributed by atoms with E-state index < -0.39 is 0 Å². The number of carbonyl (C=O) groups excluding carboxylic acids is 1. The summed E-state index contributed by atoms with van der Waals surface area (Å²) in [6.07, 6.45) is 0.242. The van der Waals surface area contributed by atoms with Crippen LogP contribution in [0, 0.1) is 0 Å². The van der Waals surface area contributed by atoms with E-state index in [0.717, 1.165) is 15.6 Å². The zero-order valence-electron chi connectivity index (χ0n) is 13.5. The Morgan fingerprint density at radius 2 is 1.84 bits per heavy atom. The van der Waals surface area contributed by atoms with E-state index in [0.29, 0.717) is 41.3 Å². The maximum atomic E-state index is 12.6. The van der Waals surface area contributed by atoms with Crippen molar-refractivity contribution in [3.8, 4) is 11.5 Å². The lowest BCUT2D eigenvalue weighted by Crippen LogP contribution is -2.28. The van der Waals surface area contributed by atoms with Gasteiger partial charge in [0.05, 0.1) is 16.5 Å². The predicted molar refractivity (Wildman–Crippen MR) is 102 cm³/mol. The van der Waals surface area contributed by atoms with Crippen LogP contribution in [0.1, 0.15) is 11.1 Å². The zero-order valence-corrected chi connectivity index (χ0v) is 16.6. The molecule has 1 aliphatic rings. The van der Waals surface area contributed by atoms with Crippen molar-refractivity contribution in [2.24, 2.45) is 0 Å². The highest BCUT2D eigenvalue weighted by Crippen LogP contribution is 2.36. The molecule has 0 unspecified atom stereocenters. The van der Waals surface area contributed by atoms with E-state index >= 15 is 0 Å². The van der Waals surface area contributed by atoms with Gasteiger partial charge in [0.15, 0.2) is 11.5 Å². The Morgan fingerprint density at radius 3 is 2.56 bits per heavy atom. The van der Waals surface area contributed by atoms with Crippen molar-refractivity contribution < 1.29 is 14.3 Å². The number of likely N-dealkylation sites (N-methyl/N-ethyl adjacent to an activating group) is 1. The van der Waals surface area contributed by atoms with Crippen molar-refractivity contribution >= 4 is 45.0 Å². The molecule has 0 aromatic heterocycles. The highest BCUT2D eigenvalue weighted by Gasteiger charge is 2.18. The first-order valence-electron chi connectivity index (χ1n) is 7.70. The van der Waals surface area contributed by atoms with Gasteiger partial charge in [-0.05, 0) is 29.3 Å². The van der Waals surface area contributed by atoms with E-state index in [-0.39, 0.29) is 12.3 Å². The molecule has 132 valence electrons. The molecule has 1 heterocycles. The summed E-state index contributed by atoms with van der Waals surface area (Å²) >= 11 is 15.7. The molecule has 0 radical (unpaired) electrons. The zero-order chi connectivity index (χ0) is 18.0. The van der Waals surface area contributed by atoms with Gasteiger partial charge in [-0.3, -0.25) is 4.79 Å². The first-order chi connectivity index (χ1) is 12.0. The van der Waals surface area contributed by atoms with Crippen LogP contribution in [0.4, 0.5) is 0 Å². The van der Waals surface area contributed by atoms with Gasteiger partial charge in [0.2, 0.25) is 5.91 Å². The van der Waals surface area contributed by atoms with Crippen LogP contribution in [0.25, 0.3) is 0 Å². The Kier molecular flexibility index (Phi) is 5.77. The minimum Gasteiger partial charge on any atom is -0.486 e. The van der Waals surface area contributed by atoms with Gasteiger partial charge in [-0.1, -0.05) is 51.3 Å². The maximum Gasteiger partial charge on any atom is 0.227 e. The third-order valence-electron chi connectivity index (χ3n) is 3.92. The molecule has 7 heteroatoms. The molecular formula is C18H16BrCl2NO3. The van der Waals surface area contributed by atoms with Crippen LogP contribution >= 0.6 is 39.1 Å². The molecule has 0 aliphatic carbocycles. The van der Waals surface area contributed by atoms with Gasteiger partial charge in [0.25, 0.3) is 0 Å². The maximum absolute atomic E-state index is 12.6. The summed E-state index contributed by atoms with van der Waals surface area (Å²) in [5.74, 6) is 1.32. The quantitative estimate of drug-likeness (QED) is 0.684. The minimum atomic E-state index is -0.0339. The third-order valence-corrected chi connectivity index (χ3v) is 5.51. The van der Waals surface area contributed by atoms with Crippen molar-refractivity contribution in [1.29, 1.82) is 0 Å². The molecule has 1 amide bonds. The van der Waals surface area contributed by atoms with Crippen LogP contribution in [0.15, 0.2) is 34.8 Å². The van der Waals surface area contributed by atoms with Crippen molar-refractivity contribution in [2.75, 3.05) is 20.3 Å². The molecular weight excluding hydrogens is 429 g/mol. The fraction of sp³-hybridized carbons (Fsp3) is 0.278. The summed E-state index contributed by atoms with van der Waals surface area (Å²) in [7, 11) is 1.74. The van der Waals surface area contributed by atoms with Gasteiger partial charge in [-0.25, -0.2) is 0 Å². The van der Waals surface area contributed by atoms with Crippen LogP contribution < -0.4 is 9.47 Å². The normalized spacial score (nSPS) is 12.8. The second kappa shape index (κ2) is 7.85. The van der Waals surface area contributed by atoms with Crippen LogP contribution in [-0.4, -0.2) is 31.1 Å². The van der Waals surface area contributed by atoms with Gasteiger partial charge in [0.1, 0.15) is 13.2 Å². The number of benzene rings is 2. The summed E-state index contributed by atoms with van der Waals surface area (Å²) in [6.45, 7) is 1.43. The number of nitrogens with zero attached hydrogens (tertiary/aromatic N) is 1. The van der Waals surface area contributed by atoms with Crippen LogP contribution in [0.2, 0.25) is 10.0 Å². The lowest BCUT2D eigenvalue weighted by atomic mass is 10.1. The van der Waals surface area contributed by atoms with Crippen molar-refractivity contribution in [1.82, 2.24) is 4.90 Å². The fourth-order valence-electron chi connectivity index (χ4n) is 2.55. The molecule has 0 fully saturated rings. The predicted octanol–water partition coefficient (Wildman–Crippen LogP) is 4.73. The molecule has 0 N–H and O–H groups in total. The molecule has 0 atom stereocenters. The summed E-state index contributed by atoms with van der Waals surface area (Å²) in [6, 6.07) is 9.08. The van der Waals surface area contributed by atoms with E-state index in [1.54, 1.807) is 18.0 Å². The molecule has 0 bridgehead atoms. The second-order valence-corrected chi connectivity index (χ2v) is 7.37. The summed E-state index contributed by atoms with van der Waals surface area (Å²) in [5, 5.41) is 0.957. The monoisotopic (exact) mass is 443 g/mol. The summed E-state index contributed by atoms with van der Waals surface area (Å²) in [5.41, 5.74) is 1.66. The van der Waals surface area contributed by atoms with E-state index in [2.05, 4.69) is 15.9 Å². The number of rotatable bonds is 4. The van der Waals surface area contributed by atoms with Crippen molar-refractivity contribution in [3.63, 3.8) is 0 Å². The van der Waals surface area contributed by atoms with Crippen LogP contribution in [0.3, 0.4) is 0 Å². The SMILES string of the molecule is CN(Cc1cccc(Cl)c1Cl)C(=O)Cc1cc2c(cc1Br)OCCO2. The van der Waals surface area contributed by atoms with Gasteiger partial charge in [0, 0.05) is 18.1 Å². The molecule has 2 aromatic rings. The Morgan fingerprint density at radius 1 is 1.16 bits per heavy atom. The molecule has 1 aliphatic heterocycles. The van der Waals surface area contributed by atoms with Gasteiger partial charge in [-0.2, -0.15) is 0 Å². The largest absolute Gasteiger partial charge is 0.486 e. The van der Waals surface area contributed by atoms with Gasteiger partial charge in [-0.15, -0.1) is 0 Å². The van der Waals surface area contributed by atoms with Crippen molar-refractivity contribution in [3.05, 3.63) is 56.0 Å². The first kappa shape index (κ1) is 18.4. The minimum absolute atomic E-state index is 0.0339. The van der Waals surface area contributed by atoms with Crippen LogP contribution in [0.5, 0.6) is 11.5 Å². The molecule has 4 nitrogen and oxygen atoms in total. The average Bonchev–Trinajstić information content (AvgIpc) is 2.59. The van der Waals surface area contributed by atoms with Crippen LogP contribution in [-0.2, 0) is 17.8 Å². The molecule has 25 heavy (non-hydrogen) atoms. The molecule has 0 spiro atoms. The standard InChI is InChI=1S/C18H16BrCl2NO3/c1-22(10-11-3-2-4-14(20)18(11)21)17(23)8-12-7-15-16(9-13(12)19)25-6-5-24-15/h2-4,7,9H,5-6,8,10H2,1H3. The van der Waals surface area contributed by atoms with Gasteiger partial charge < -0.3 is 14.4 Å². The molecule has 3 rings (SSSR count).